The zero-order valence-corrected chi connectivity index (χ0v) is 12.2. The minimum atomic E-state index is -0.316. The van der Waals surface area contributed by atoms with Crippen LogP contribution in [0.15, 0.2) is 24.3 Å². The van der Waals surface area contributed by atoms with Crippen molar-refractivity contribution in [3.05, 3.63) is 29.8 Å². The Hall–Kier alpha value is -1.84. The summed E-state index contributed by atoms with van der Waals surface area (Å²) in [4.78, 5) is 22.9. The van der Waals surface area contributed by atoms with Crippen LogP contribution in [0.5, 0.6) is 5.75 Å². The molecule has 0 saturated heterocycles. The third kappa shape index (κ3) is 6.36. The highest BCUT2D eigenvalue weighted by Gasteiger charge is 2.08. The van der Waals surface area contributed by atoms with E-state index in [0.717, 1.165) is 17.7 Å². The molecule has 0 saturated carbocycles. The normalized spacial score (nSPS) is 10.1. The summed E-state index contributed by atoms with van der Waals surface area (Å²) in [5.41, 5.74) is 0.933. The Morgan fingerprint density at radius 3 is 2.35 bits per heavy atom. The molecule has 0 spiro atoms. The summed E-state index contributed by atoms with van der Waals surface area (Å²) in [6.07, 6.45) is 1.69. The van der Waals surface area contributed by atoms with Gasteiger partial charge in [0, 0.05) is 12.8 Å². The summed E-state index contributed by atoms with van der Waals surface area (Å²) in [7, 11) is 0. The first-order chi connectivity index (χ1) is 9.65. The van der Waals surface area contributed by atoms with Crippen molar-refractivity contribution in [2.45, 2.75) is 39.5 Å². The summed E-state index contributed by atoms with van der Waals surface area (Å²) in [6, 6.07) is 7.49. The summed E-state index contributed by atoms with van der Waals surface area (Å²) < 4.78 is 10.3. The fourth-order valence-corrected chi connectivity index (χ4v) is 1.71. The monoisotopic (exact) mass is 278 g/mol. The quantitative estimate of drug-likeness (QED) is 0.652. The molecule has 0 aromatic heterocycles. The first kappa shape index (κ1) is 16.2. The Balaban J connectivity index is 2.36. The average molecular weight is 278 g/mol. The molecule has 1 rings (SSSR count). The second-order valence-corrected chi connectivity index (χ2v) is 4.51. The molecule has 1 aromatic rings. The highest BCUT2D eigenvalue weighted by molar-refractivity contribution is 5.84. The Morgan fingerprint density at radius 2 is 1.75 bits per heavy atom. The minimum Gasteiger partial charge on any atom is -0.494 e. The lowest BCUT2D eigenvalue weighted by Crippen LogP contribution is -2.09. The summed E-state index contributed by atoms with van der Waals surface area (Å²) in [5, 5.41) is 0. The second kappa shape index (κ2) is 9.13. The molecule has 1 aromatic carbocycles. The highest BCUT2D eigenvalue weighted by Crippen LogP contribution is 2.13. The van der Waals surface area contributed by atoms with Gasteiger partial charge in [-0.15, -0.1) is 0 Å². The molecule has 0 bridgehead atoms. The van der Waals surface area contributed by atoms with Gasteiger partial charge in [-0.2, -0.15) is 0 Å². The Morgan fingerprint density at radius 1 is 1.05 bits per heavy atom. The van der Waals surface area contributed by atoms with Gasteiger partial charge in [0.2, 0.25) is 0 Å². The molecule has 20 heavy (non-hydrogen) atoms. The van der Waals surface area contributed by atoms with E-state index in [-0.39, 0.29) is 24.6 Å². The molecule has 0 aliphatic heterocycles. The maximum atomic E-state index is 11.7. The van der Waals surface area contributed by atoms with Crippen LogP contribution in [-0.2, 0) is 20.7 Å². The Bertz CT molecular complexity index is 423. The van der Waals surface area contributed by atoms with E-state index in [4.69, 9.17) is 9.47 Å². The van der Waals surface area contributed by atoms with Gasteiger partial charge in [0.25, 0.3) is 0 Å². The van der Waals surface area contributed by atoms with Crippen molar-refractivity contribution in [1.82, 2.24) is 0 Å². The van der Waals surface area contributed by atoms with Crippen LogP contribution in [0.2, 0.25) is 0 Å². The standard InChI is InChI=1S/C16H22O4/c1-3-11-20-15-8-5-13(6-9-15)12-14(17)7-10-16(18)19-4-2/h5-6,8-9H,3-4,7,10-12H2,1-2H3. The predicted octanol–water partition coefficient (Wildman–Crippen LogP) is 2.93. The van der Waals surface area contributed by atoms with Crippen molar-refractivity contribution in [2.24, 2.45) is 0 Å². The van der Waals surface area contributed by atoms with Crippen LogP contribution in [0.3, 0.4) is 0 Å². The zero-order valence-electron chi connectivity index (χ0n) is 12.2. The van der Waals surface area contributed by atoms with Crippen molar-refractivity contribution >= 4 is 11.8 Å². The number of carbonyl (C=O) groups is 2. The first-order valence-electron chi connectivity index (χ1n) is 7.04. The smallest absolute Gasteiger partial charge is 0.306 e. The summed E-state index contributed by atoms with van der Waals surface area (Å²) in [5.74, 6) is 0.541. The number of hydrogen-bond acceptors (Lipinski definition) is 4. The SMILES string of the molecule is CCCOc1ccc(CC(=O)CCC(=O)OCC)cc1. The van der Waals surface area contributed by atoms with Gasteiger partial charge in [0.15, 0.2) is 0 Å². The maximum Gasteiger partial charge on any atom is 0.306 e. The molecule has 0 aliphatic rings. The highest BCUT2D eigenvalue weighted by atomic mass is 16.5. The van der Waals surface area contributed by atoms with Crippen LogP contribution in [0.25, 0.3) is 0 Å². The third-order valence-electron chi connectivity index (χ3n) is 2.71. The van der Waals surface area contributed by atoms with Gasteiger partial charge in [-0.3, -0.25) is 9.59 Å². The fraction of sp³-hybridized carbons (Fsp3) is 0.500. The number of Topliss-reactive ketones (excluding diaryl/α,β-unsaturated/α-hetero) is 1. The maximum absolute atomic E-state index is 11.7. The molecule has 0 radical (unpaired) electrons. The molecule has 0 heterocycles. The predicted molar refractivity (Wildman–Crippen MR) is 76.8 cm³/mol. The molecule has 0 aliphatic carbocycles. The van der Waals surface area contributed by atoms with Crippen LogP contribution in [-0.4, -0.2) is 25.0 Å². The summed E-state index contributed by atoms with van der Waals surface area (Å²) in [6.45, 7) is 4.85. The van der Waals surface area contributed by atoms with Gasteiger partial charge in [-0.25, -0.2) is 0 Å². The van der Waals surface area contributed by atoms with Crippen molar-refractivity contribution in [3.8, 4) is 5.75 Å². The number of hydrogen-bond donors (Lipinski definition) is 0. The van der Waals surface area contributed by atoms with Crippen molar-refractivity contribution in [1.29, 1.82) is 0 Å². The van der Waals surface area contributed by atoms with E-state index in [2.05, 4.69) is 6.92 Å². The summed E-state index contributed by atoms with van der Waals surface area (Å²) >= 11 is 0. The number of esters is 1. The first-order valence-corrected chi connectivity index (χ1v) is 7.04. The Kier molecular flexibility index (Phi) is 7.40. The zero-order chi connectivity index (χ0) is 14.8. The average Bonchev–Trinajstić information content (AvgIpc) is 2.45. The van der Waals surface area contributed by atoms with Gasteiger partial charge < -0.3 is 9.47 Å². The van der Waals surface area contributed by atoms with E-state index in [1.54, 1.807) is 6.92 Å². The van der Waals surface area contributed by atoms with Gasteiger partial charge in [0.1, 0.15) is 11.5 Å². The van der Waals surface area contributed by atoms with Crippen LogP contribution in [0.4, 0.5) is 0 Å². The number of carbonyl (C=O) groups excluding carboxylic acids is 2. The third-order valence-corrected chi connectivity index (χ3v) is 2.71. The minimum absolute atomic E-state index is 0.0419. The molecule has 0 fully saturated rings. The number of ether oxygens (including phenoxy) is 2. The van der Waals surface area contributed by atoms with E-state index >= 15 is 0 Å². The van der Waals surface area contributed by atoms with Gasteiger partial charge in [-0.1, -0.05) is 19.1 Å². The van der Waals surface area contributed by atoms with Crippen LogP contribution >= 0.6 is 0 Å². The second-order valence-electron chi connectivity index (χ2n) is 4.51. The van der Waals surface area contributed by atoms with Crippen molar-refractivity contribution in [2.75, 3.05) is 13.2 Å². The van der Waals surface area contributed by atoms with E-state index in [0.29, 0.717) is 19.6 Å². The fourth-order valence-electron chi connectivity index (χ4n) is 1.71. The van der Waals surface area contributed by atoms with Crippen molar-refractivity contribution < 1.29 is 19.1 Å². The molecule has 0 N–H and O–H groups in total. The molecular weight excluding hydrogens is 256 g/mol. The van der Waals surface area contributed by atoms with Gasteiger partial charge in [0.05, 0.1) is 19.6 Å². The molecule has 4 heteroatoms. The topological polar surface area (TPSA) is 52.6 Å². The lowest BCUT2D eigenvalue weighted by atomic mass is 10.1. The van der Waals surface area contributed by atoms with Crippen molar-refractivity contribution in [3.63, 3.8) is 0 Å². The molecule has 0 atom stereocenters. The molecule has 0 unspecified atom stereocenters. The van der Waals surface area contributed by atoms with Crippen LogP contribution in [0.1, 0.15) is 38.7 Å². The molecular formula is C16H22O4. The lowest BCUT2D eigenvalue weighted by molar-refractivity contribution is -0.144. The molecule has 4 nitrogen and oxygen atoms in total. The van der Waals surface area contributed by atoms with E-state index in [1.165, 1.54) is 0 Å². The number of rotatable bonds is 9. The number of ketones is 1. The Labute approximate surface area is 120 Å². The van der Waals surface area contributed by atoms with Gasteiger partial charge >= 0.3 is 5.97 Å². The molecule has 0 amide bonds. The van der Waals surface area contributed by atoms with E-state index in [9.17, 15) is 9.59 Å². The largest absolute Gasteiger partial charge is 0.494 e. The van der Waals surface area contributed by atoms with Crippen LogP contribution < -0.4 is 4.74 Å². The number of benzene rings is 1. The molecule has 110 valence electrons. The lowest BCUT2D eigenvalue weighted by Gasteiger charge is -2.06. The van der Waals surface area contributed by atoms with Gasteiger partial charge in [-0.05, 0) is 31.0 Å². The van der Waals surface area contributed by atoms with E-state index in [1.807, 2.05) is 24.3 Å². The van der Waals surface area contributed by atoms with E-state index < -0.39 is 0 Å². The van der Waals surface area contributed by atoms with Crippen LogP contribution in [0, 0.1) is 0 Å².